The molecule has 74 valence electrons. The maximum atomic E-state index is 11.0. The Balaban J connectivity index is 3.64. The number of rotatable bonds is 6. The Hall–Kier alpha value is 0.629. The molecule has 0 amide bonds. The van der Waals surface area contributed by atoms with Gasteiger partial charge in [0, 0.05) is 0 Å². The Kier molecular flexibility index (Phi) is 6.46. The van der Waals surface area contributed by atoms with E-state index >= 15 is 0 Å². The van der Waals surface area contributed by atoms with Gasteiger partial charge in [-0.3, -0.25) is 0 Å². The van der Waals surface area contributed by atoms with Crippen molar-refractivity contribution in [2.75, 3.05) is 6.61 Å². The Labute approximate surface area is 79.7 Å². The van der Waals surface area contributed by atoms with Crippen LogP contribution in [0.1, 0.15) is 20.8 Å². The standard InChI is InChI=1S/C6H15O4PSe/c1-4-12-10-11(7,8)9-5-6(2)3/h6H,4-5H2,1-3H3,(H,7,8). The second kappa shape index (κ2) is 6.14. The Bertz CT molecular complexity index is 162. The van der Waals surface area contributed by atoms with E-state index in [4.69, 9.17) is 9.42 Å². The first-order valence-corrected chi connectivity index (χ1v) is 7.17. The molecule has 0 aliphatic heterocycles. The molecule has 12 heavy (non-hydrogen) atoms. The molecule has 1 atom stereocenters. The molecule has 0 saturated heterocycles. The van der Waals surface area contributed by atoms with Gasteiger partial charge in [0.1, 0.15) is 0 Å². The quantitative estimate of drug-likeness (QED) is 0.585. The molecule has 0 aromatic rings. The molecule has 0 bridgehead atoms. The monoisotopic (exact) mass is 262 g/mol. The van der Waals surface area contributed by atoms with Crippen LogP contribution in [0.25, 0.3) is 0 Å². The van der Waals surface area contributed by atoms with Crippen molar-refractivity contribution in [3.63, 3.8) is 0 Å². The van der Waals surface area contributed by atoms with Gasteiger partial charge in [-0.25, -0.2) is 0 Å². The summed E-state index contributed by atoms with van der Waals surface area (Å²) in [6.45, 7) is 5.96. The van der Waals surface area contributed by atoms with Gasteiger partial charge in [-0.05, 0) is 0 Å². The van der Waals surface area contributed by atoms with Gasteiger partial charge in [0.25, 0.3) is 0 Å². The molecule has 0 aliphatic carbocycles. The van der Waals surface area contributed by atoms with Crippen LogP contribution in [0.4, 0.5) is 0 Å². The molecule has 0 aromatic heterocycles. The summed E-state index contributed by atoms with van der Waals surface area (Å²) in [5.74, 6) is 0.239. The third-order valence-corrected chi connectivity index (χ3v) is 3.95. The van der Waals surface area contributed by atoms with Crippen LogP contribution in [0.2, 0.25) is 5.32 Å². The summed E-state index contributed by atoms with van der Waals surface area (Å²) in [6.07, 6.45) is 0. The summed E-state index contributed by atoms with van der Waals surface area (Å²) >= 11 is -0.249. The Morgan fingerprint density at radius 3 is 2.58 bits per heavy atom. The van der Waals surface area contributed by atoms with Crippen LogP contribution in [0.15, 0.2) is 0 Å². The first-order valence-electron chi connectivity index (χ1n) is 3.76. The second-order valence-corrected chi connectivity index (χ2v) is 6.63. The normalized spacial score (nSPS) is 16.4. The summed E-state index contributed by atoms with van der Waals surface area (Å²) in [4.78, 5) is 9.02. The van der Waals surface area contributed by atoms with Crippen LogP contribution >= 0.6 is 7.82 Å². The van der Waals surface area contributed by atoms with Crippen LogP contribution in [0.3, 0.4) is 0 Å². The van der Waals surface area contributed by atoms with Crippen LogP contribution in [0, 0.1) is 5.92 Å². The van der Waals surface area contributed by atoms with Gasteiger partial charge < -0.3 is 0 Å². The second-order valence-electron chi connectivity index (χ2n) is 2.64. The molecule has 1 N–H and O–H groups in total. The molecular formula is C6H15O4PSe. The Morgan fingerprint density at radius 1 is 1.58 bits per heavy atom. The summed E-state index contributed by atoms with van der Waals surface area (Å²) in [7, 11) is -3.74. The number of phosphoric acid groups is 1. The van der Waals surface area contributed by atoms with Crippen LogP contribution in [-0.2, 0) is 12.7 Å². The van der Waals surface area contributed by atoms with Crippen molar-refractivity contribution in [3.05, 3.63) is 0 Å². The van der Waals surface area contributed by atoms with Crippen LogP contribution < -0.4 is 0 Å². The molecule has 0 aliphatic rings. The third-order valence-electron chi connectivity index (χ3n) is 0.836. The zero-order chi connectivity index (χ0) is 9.61. The van der Waals surface area contributed by atoms with Crippen molar-refractivity contribution in [1.82, 2.24) is 0 Å². The van der Waals surface area contributed by atoms with E-state index in [0.29, 0.717) is 0 Å². The maximum absolute atomic E-state index is 11.0. The van der Waals surface area contributed by atoms with Crippen molar-refractivity contribution in [2.24, 2.45) is 5.92 Å². The van der Waals surface area contributed by atoms with Gasteiger partial charge in [0.05, 0.1) is 0 Å². The first kappa shape index (κ1) is 12.6. The zero-order valence-corrected chi connectivity index (χ0v) is 10.1. The first-order chi connectivity index (χ1) is 5.48. The van der Waals surface area contributed by atoms with Crippen molar-refractivity contribution in [1.29, 1.82) is 0 Å². The fourth-order valence-electron chi connectivity index (χ4n) is 0.384. The minimum absolute atomic E-state index is 0.239. The van der Waals surface area contributed by atoms with E-state index in [-0.39, 0.29) is 27.8 Å². The summed E-state index contributed by atoms with van der Waals surface area (Å²) < 4.78 is 20.4. The molecule has 0 radical (unpaired) electrons. The molecular weight excluding hydrogens is 246 g/mol. The summed E-state index contributed by atoms with van der Waals surface area (Å²) in [6, 6.07) is 0. The molecule has 0 heterocycles. The van der Waals surface area contributed by atoms with Gasteiger partial charge in [0.2, 0.25) is 0 Å². The van der Waals surface area contributed by atoms with Gasteiger partial charge in [-0.2, -0.15) is 0 Å². The van der Waals surface area contributed by atoms with E-state index in [1.54, 1.807) is 0 Å². The molecule has 4 nitrogen and oxygen atoms in total. The van der Waals surface area contributed by atoms with E-state index in [2.05, 4.69) is 3.61 Å². The molecule has 6 heteroatoms. The van der Waals surface area contributed by atoms with E-state index in [1.165, 1.54) is 0 Å². The molecule has 0 saturated carbocycles. The molecule has 0 rings (SSSR count). The SMILES string of the molecule is CC[Se]OP(=O)(O)OCC(C)C. The molecule has 0 aromatic carbocycles. The van der Waals surface area contributed by atoms with Crippen LogP contribution in [0.5, 0.6) is 0 Å². The van der Waals surface area contributed by atoms with E-state index in [1.807, 2.05) is 20.8 Å². The Morgan fingerprint density at radius 2 is 2.17 bits per heavy atom. The van der Waals surface area contributed by atoms with E-state index < -0.39 is 7.82 Å². The summed E-state index contributed by atoms with van der Waals surface area (Å²) in [5, 5.41) is 0.766. The average Bonchev–Trinajstić information content (AvgIpc) is 1.98. The van der Waals surface area contributed by atoms with Gasteiger partial charge in [-0.1, -0.05) is 0 Å². The fourth-order valence-corrected chi connectivity index (χ4v) is 2.93. The average molecular weight is 261 g/mol. The number of phosphoric ester groups is 1. The van der Waals surface area contributed by atoms with Crippen molar-refractivity contribution < 1.29 is 17.6 Å². The van der Waals surface area contributed by atoms with Crippen molar-refractivity contribution in [2.45, 2.75) is 26.1 Å². The number of hydrogen-bond donors (Lipinski definition) is 1. The van der Waals surface area contributed by atoms with Gasteiger partial charge in [0.15, 0.2) is 0 Å². The molecule has 0 fully saturated rings. The predicted molar refractivity (Wildman–Crippen MR) is 47.9 cm³/mol. The summed E-state index contributed by atoms with van der Waals surface area (Å²) in [5.41, 5.74) is 0. The topological polar surface area (TPSA) is 55.8 Å². The van der Waals surface area contributed by atoms with E-state index in [9.17, 15) is 4.57 Å². The molecule has 1 unspecified atom stereocenters. The molecule has 0 spiro atoms. The van der Waals surface area contributed by atoms with Crippen LogP contribution in [-0.4, -0.2) is 26.8 Å². The van der Waals surface area contributed by atoms with E-state index in [0.717, 1.165) is 5.32 Å². The fraction of sp³-hybridized carbons (Fsp3) is 1.00. The third kappa shape index (κ3) is 7.29. The number of hydrogen-bond acceptors (Lipinski definition) is 3. The minimum atomic E-state index is -3.74. The van der Waals surface area contributed by atoms with Gasteiger partial charge >= 0.3 is 79.3 Å². The van der Waals surface area contributed by atoms with Gasteiger partial charge in [-0.15, -0.1) is 0 Å². The van der Waals surface area contributed by atoms with Crippen molar-refractivity contribution in [3.8, 4) is 0 Å². The zero-order valence-electron chi connectivity index (χ0n) is 7.52. The van der Waals surface area contributed by atoms with Crippen molar-refractivity contribution >= 4 is 23.1 Å². The predicted octanol–water partition coefficient (Wildman–Crippen LogP) is 1.83.